The molecule has 1 N–H and O–H groups in total. The molecule has 0 aliphatic heterocycles. The van der Waals surface area contributed by atoms with Gasteiger partial charge in [0.15, 0.2) is 11.6 Å². The summed E-state index contributed by atoms with van der Waals surface area (Å²) in [5.41, 5.74) is 1.02. The number of hydrogen-bond acceptors (Lipinski definition) is 4. The molecule has 0 spiro atoms. The molecule has 34 heavy (non-hydrogen) atoms. The topological polar surface area (TPSA) is 70.5 Å². The number of halogens is 3. The van der Waals surface area contributed by atoms with Crippen molar-refractivity contribution in [2.45, 2.75) is 25.7 Å². The smallest absolute Gasteiger partial charge is 0.263 e. The molecule has 0 saturated heterocycles. The van der Waals surface area contributed by atoms with Crippen molar-refractivity contribution in [2.75, 3.05) is 11.9 Å². The Labute approximate surface area is 207 Å². The number of aromatic hydroxyl groups is 1. The van der Waals surface area contributed by atoms with E-state index in [1.807, 2.05) is 0 Å². The third kappa shape index (κ3) is 5.08. The van der Waals surface area contributed by atoms with Crippen LogP contribution in [-0.4, -0.2) is 29.3 Å². The van der Waals surface area contributed by atoms with Gasteiger partial charge in [0.1, 0.15) is 12.1 Å². The van der Waals surface area contributed by atoms with Gasteiger partial charge in [-0.25, -0.2) is 9.37 Å². The van der Waals surface area contributed by atoms with Gasteiger partial charge in [-0.3, -0.25) is 14.5 Å². The fraction of sp³-hybridized carbons (Fsp3) is 0.269. The first-order valence-electron chi connectivity index (χ1n) is 11.0. The molecule has 0 radical (unpaired) electrons. The molecule has 2 saturated carbocycles. The van der Waals surface area contributed by atoms with Gasteiger partial charge >= 0.3 is 0 Å². The average molecular weight is 501 g/mol. The number of aldehydes is 1. The number of amides is 1. The number of carbonyl (C=O) groups is 2. The highest BCUT2D eigenvalue weighted by Gasteiger charge is 2.40. The molecular formula is C26H23Cl2FN2O3. The van der Waals surface area contributed by atoms with E-state index in [9.17, 15) is 19.1 Å². The second-order valence-electron chi connectivity index (χ2n) is 8.57. The molecule has 2 fully saturated rings. The van der Waals surface area contributed by atoms with Crippen molar-refractivity contribution in [3.05, 3.63) is 75.7 Å². The van der Waals surface area contributed by atoms with E-state index in [4.69, 9.17) is 23.2 Å². The number of nitrogens with zero attached hydrogens (tertiary/aromatic N) is 2. The second-order valence-corrected chi connectivity index (χ2v) is 9.39. The first-order valence-corrected chi connectivity index (χ1v) is 11.7. The predicted octanol–water partition coefficient (Wildman–Crippen LogP) is 6.80. The van der Waals surface area contributed by atoms with Crippen LogP contribution >= 0.6 is 23.2 Å². The minimum absolute atomic E-state index is 0.0505. The van der Waals surface area contributed by atoms with Crippen molar-refractivity contribution in [1.29, 1.82) is 0 Å². The SMILES string of the molecule is C1C[C@@H]2C[C@@H]2C1.CN(C(=O)c1c(F)cccc1Cl)c1ncc(-c2cc(C=O)ccc2Cl)cc1O. The zero-order valence-corrected chi connectivity index (χ0v) is 20.0. The van der Waals surface area contributed by atoms with Gasteiger partial charge in [-0.1, -0.05) is 54.6 Å². The van der Waals surface area contributed by atoms with Crippen LogP contribution in [0.2, 0.25) is 10.0 Å². The third-order valence-corrected chi connectivity index (χ3v) is 6.95. The van der Waals surface area contributed by atoms with Crippen molar-refractivity contribution in [3.63, 3.8) is 0 Å². The van der Waals surface area contributed by atoms with Crippen LogP contribution in [0.15, 0.2) is 48.7 Å². The number of anilines is 1. The van der Waals surface area contributed by atoms with E-state index in [2.05, 4.69) is 4.98 Å². The number of rotatable bonds is 4. The highest BCUT2D eigenvalue weighted by Crippen LogP contribution is 2.51. The molecule has 1 heterocycles. The molecule has 176 valence electrons. The molecule has 2 aromatic carbocycles. The highest BCUT2D eigenvalue weighted by atomic mass is 35.5. The van der Waals surface area contributed by atoms with E-state index in [0.717, 1.165) is 11.0 Å². The van der Waals surface area contributed by atoms with Crippen LogP contribution in [0, 0.1) is 17.7 Å². The highest BCUT2D eigenvalue weighted by molar-refractivity contribution is 6.34. The summed E-state index contributed by atoms with van der Waals surface area (Å²) in [6.07, 6.45) is 8.30. The number of pyridine rings is 1. The molecule has 8 heteroatoms. The molecule has 0 bridgehead atoms. The lowest BCUT2D eigenvalue weighted by Crippen LogP contribution is -2.28. The second kappa shape index (κ2) is 10.1. The van der Waals surface area contributed by atoms with E-state index in [1.54, 1.807) is 37.5 Å². The van der Waals surface area contributed by atoms with Gasteiger partial charge in [0.05, 0.1) is 10.6 Å². The Kier molecular flexibility index (Phi) is 7.19. The average Bonchev–Trinajstić information content (AvgIpc) is 3.43. The van der Waals surface area contributed by atoms with Gasteiger partial charge in [0.25, 0.3) is 5.91 Å². The normalized spacial score (nSPS) is 17.9. The van der Waals surface area contributed by atoms with Gasteiger partial charge < -0.3 is 5.11 Å². The summed E-state index contributed by atoms with van der Waals surface area (Å²) in [6.45, 7) is 0. The van der Waals surface area contributed by atoms with Crippen LogP contribution in [-0.2, 0) is 0 Å². The molecule has 1 amide bonds. The summed E-state index contributed by atoms with van der Waals surface area (Å²) >= 11 is 12.1. The van der Waals surface area contributed by atoms with Crippen molar-refractivity contribution >= 4 is 41.2 Å². The van der Waals surface area contributed by atoms with E-state index in [0.29, 0.717) is 28.0 Å². The van der Waals surface area contributed by atoms with Crippen LogP contribution in [0.3, 0.4) is 0 Å². The summed E-state index contributed by atoms with van der Waals surface area (Å²) in [7, 11) is 1.34. The summed E-state index contributed by atoms with van der Waals surface area (Å²) in [5.74, 6) is 0.469. The third-order valence-electron chi connectivity index (χ3n) is 6.30. The predicted molar refractivity (Wildman–Crippen MR) is 131 cm³/mol. The molecule has 2 aliphatic carbocycles. The lowest BCUT2D eigenvalue weighted by Gasteiger charge is -2.19. The summed E-state index contributed by atoms with van der Waals surface area (Å²) in [4.78, 5) is 28.7. The Morgan fingerprint density at radius 2 is 1.88 bits per heavy atom. The molecule has 5 rings (SSSR count). The van der Waals surface area contributed by atoms with Crippen molar-refractivity contribution in [1.82, 2.24) is 4.98 Å². The summed E-state index contributed by atoms with van der Waals surface area (Å²) < 4.78 is 14.0. The lowest BCUT2D eigenvalue weighted by molar-refractivity contribution is 0.0987. The maximum atomic E-state index is 14.0. The van der Waals surface area contributed by atoms with Gasteiger partial charge in [-0.2, -0.15) is 0 Å². The zero-order valence-electron chi connectivity index (χ0n) is 18.5. The Balaban J connectivity index is 0.000000388. The minimum Gasteiger partial charge on any atom is -0.504 e. The number of fused-ring (bicyclic) bond motifs is 1. The maximum Gasteiger partial charge on any atom is 0.263 e. The van der Waals surface area contributed by atoms with Gasteiger partial charge in [0, 0.05) is 35.0 Å². The van der Waals surface area contributed by atoms with E-state index >= 15 is 0 Å². The molecular weight excluding hydrogens is 478 g/mol. The number of hydrogen-bond donors (Lipinski definition) is 1. The molecule has 3 aromatic rings. The largest absolute Gasteiger partial charge is 0.504 e. The van der Waals surface area contributed by atoms with Crippen LogP contribution in [0.1, 0.15) is 46.4 Å². The Bertz CT molecular complexity index is 1220. The molecule has 2 aliphatic rings. The summed E-state index contributed by atoms with van der Waals surface area (Å²) in [6, 6.07) is 9.92. The van der Waals surface area contributed by atoms with E-state index in [-0.39, 0.29) is 22.2 Å². The molecule has 5 nitrogen and oxygen atoms in total. The fourth-order valence-corrected chi connectivity index (χ4v) is 4.79. The standard InChI is InChI=1S/C20H13Cl2FN2O3.C6H10/c1-25(20(28)18-15(22)3-2-4-16(18)23)19-17(27)8-12(9-24-19)13-7-11(10-26)5-6-14(13)21;1-2-5-4-6(5)3-1/h2-10,27H,1H3;5-6H,1-4H2/t;5-,6+. The van der Waals surface area contributed by atoms with Gasteiger partial charge in [-0.15, -0.1) is 0 Å². The number of benzene rings is 2. The molecule has 1 aromatic heterocycles. The van der Waals surface area contributed by atoms with Crippen molar-refractivity contribution in [3.8, 4) is 16.9 Å². The van der Waals surface area contributed by atoms with Crippen LogP contribution in [0.4, 0.5) is 10.2 Å². The van der Waals surface area contributed by atoms with Crippen molar-refractivity contribution < 1.29 is 19.1 Å². The van der Waals surface area contributed by atoms with Crippen LogP contribution in [0.25, 0.3) is 11.1 Å². The Morgan fingerprint density at radius 1 is 1.15 bits per heavy atom. The van der Waals surface area contributed by atoms with Crippen LogP contribution < -0.4 is 4.90 Å². The van der Waals surface area contributed by atoms with Gasteiger partial charge in [-0.05, 0) is 48.6 Å². The van der Waals surface area contributed by atoms with E-state index in [1.165, 1.54) is 49.7 Å². The first-order chi connectivity index (χ1) is 16.3. The maximum absolute atomic E-state index is 14.0. The Hall–Kier alpha value is -2.96. The molecule has 0 unspecified atom stereocenters. The number of aromatic nitrogens is 1. The summed E-state index contributed by atoms with van der Waals surface area (Å²) in [5, 5.41) is 10.7. The van der Waals surface area contributed by atoms with Crippen molar-refractivity contribution in [2.24, 2.45) is 11.8 Å². The monoisotopic (exact) mass is 500 g/mol. The molecule has 2 atom stereocenters. The first kappa shape index (κ1) is 24.2. The quantitative estimate of drug-likeness (QED) is 0.400. The number of carbonyl (C=O) groups excluding carboxylic acids is 2. The fourth-order valence-electron chi connectivity index (χ4n) is 4.31. The lowest BCUT2D eigenvalue weighted by atomic mass is 10.0. The van der Waals surface area contributed by atoms with Crippen LogP contribution in [0.5, 0.6) is 5.75 Å². The zero-order chi connectivity index (χ0) is 24.4. The van der Waals surface area contributed by atoms with Gasteiger partial charge in [0.2, 0.25) is 0 Å². The van der Waals surface area contributed by atoms with E-state index < -0.39 is 11.7 Å². The Morgan fingerprint density at radius 3 is 2.44 bits per heavy atom. The minimum atomic E-state index is -0.780.